The molecule has 0 aliphatic heterocycles. The van der Waals surface area contributed by atoms with Gasteiger partial charge < -0.3 is 15.1 Å². The predicted molar refractivity (Wildman–Crippen MR) is 78.2 cm³/mol. The van der Waals surface area contributed by atoms with Crippen molar-refractivity contribution in [2.75, 3.05) is 6.54 Å². The van der Waals surface area contributed by atoms with Gasteiger partial charge in [-0.3, -0.25) is 4.79 Å². The molecule has 0 unspecified atom stereocenters. The van der Waals surface area contributed by atoms with Crippen LogP contribution >= 0.6 is 0 Å². The van der Waals surface area contributed by atoms with E-state index in [4.69, 9.17) is 4.42 Å². The third kappa shape index (κ3) is 3.96. The van der Waals surface area contributed by atoms with Gasteiger partial charge in [-0.1, -0.05) is 18.2 Å². The minimum atomic E-state index is -0.0346. The fraction of sp³-hybridized carbons (Fsp3) is 0.312. The molecule has 1 amide bonds. The highest BCUT2D eigenvalue weighted by Crippen LogP contribution is 2.12. The number of nitrogens with one attached hydrogen (secondary N) is 2. The van der Waals surface area contributed by atoms with Crippen LogP contribution in [-0.2, 0) is 17.9 Å². The summed E-state index contributed by atoms with van der Waals surface area (Å²) >= 11 is 0. The molecule has 1 heterocycles. The number of rotatable bonds is 6. The van der Waals surface area contributed by atoms with Gasteiger partial charge in [0.2, 0.25) is 5.91 Å². The Labute approximate surface area is 119 Å². The maximum absolute atomic E-state index is 11.7. The number of benzene rings is 1. The molecule has 0 fully saturated rings. The van der Waals surface area contributed by atoms with E-state index in [-0.39, 0.29) is 5.91 Å². The zero-order valence-corrected chi connectivity index (χ0v) is 11.9. The molecule has 1 aromatic heterocycles. The van der Waals surface area contributed by atoms with Crippen molar-refractivity contribution in [3.8, 4) is 0 Å². The number of hydrogen-bond donors (Lipinski definition) is 2. The highest BCUT2D eigenvalue weighted by molar-refractivity contribution is 5.77. The molecular weight excluding hydrogens is 252 g/mol. The van der Waals surface area contributed by atoms with E-state index < -0.39 is 0 Å². The number of aryl methyl sites for hydroxylation is 2. The van der Waals surface area contributed by atoms with Crippen LogP contribution in [0, 0.1) is 13.8 Å². The van der Waals surface area contributed by atoms with E-state index in [0.717, 1.165) is 5.76 Å². The van der Waals surface area contributed by atoms with Crippen LogP contribution in [-0.4, -0.2) is 12.5 Å². The second-order valence-electron chi connectivity index (χ2n) is 4.83. The van der Waals surface area contributed by atoms with Crippen LogP contribution in [0.3, 0.4) is 0 Å². The lowest BCUT2D eigenvalue weighted by molar-refractivity contribution is -0.120. The van der Waals surface area contributed by atoms with Crippen LogP contribution in [0.25, 0.3) is 0 Å². The highest BCUT2D eigenvalue weighted by atomic mass is 16.3. The number of carbonyl (C=O) groups excluding carboxylic acids is 1. The molecule has 4 nitrogen and oxygen atoms in total. The lowest BCUT2D eigenvalue weighted by Gasteiger charge is -2.10. The molecule has 0 spiro atoms. The summed E-state index contributed by atoms with van der Waals surface area (Å²) in [5.41, 5.74) is 3.74. The molecule has 0 atom stereocenters. The van der Waals surface area contributed by atoms with Gasteiger partial charge in [-0.15, -0.1) is 0 Å². The molecule has 0 aliphatic rings. The first-order valence-electron chi connectivity index (χ1n) is 6.71. The van der Waals surface area contributed by atoms with E-state index in [0.29, 0.717) is 19.6 Å². The van der Waals surface area contributed by atoms with E-state index in [1.807, 2.05) is 12.1 Å². The first-order chi connectivity index (χ1) is 9.66. The highest BCUT2D eigenvalue weighted by Gasteiger charge is 2.05. The van der Waals surface area contributed by atoms with Crippen molar-refractivity contribution in [3.63, 3.8) is 0 Å². The number of amides is 1. The third-order valence-corrected chi connectivity index (χ3v) is 3.27. The zero-order chi connectivity index (χ0) is 14.4. The van der Waals surface area contributed by atoms with Crippen molar-refractivity contribution in [1.82, 2.24) is 10.6 Å². The summed E-state index contributed by atoms with van der Waals surface area (Å²) in [5, 5.41) is 5.98. The average Bonchev–Trinajstić information content (AvgIpc) is 2.93. The van der Waals surface area contributed by atoms with E-state index >= 15 is 0 Å². The van der Waals surface area contributed by atoms with Crippen LogP contribution in [0.15, 0.2) is 41.0 Å². The van der Waals surface area contributed by atoms with Crippen molar-refractivity contribution >= 4 is 5.91 Å². The van der Waals surface area contributed by atoms with E-state index in [9.17, 15) is 4.79 Å². The summed E-state index contributed by atoms with van der Waals surface area (Å²) in [6, 6.07) is 9.86. The first kappa shape index (κ1) is 14.3. The molecule has 2 N–H and O–H groups in total. The minimum absolute atomic E-state index is 0.0346. The Morgan fingerprint density at radius 3 is 2.50 bits per heavy atom. The van der Waals surface area contributed by atoms with E-state index in [1.165, 1.54) is 16.7 Å². The zero-order valence-electron chi connectivity index (χ0n) is 11.9. The van der Waals surface area contributed by atoms with Gasteiger partial charge in [-0.25, -0.2) is 0 Å². The van der Waals surface area contributed by atoms with Gasteiger partial charge in [0.1, 0.15) is 5.76 Å². The molecule has 2 aromatic rings. The standard InChI is InChI=1S/C16H20N2O2/c1-12-5-3-6-13(2)15(12)10-17-11-16(19)18-9-14-7-4-8-20-14/h3-8,17H,9-11H2,1-2H3,(H,18,19). The molecular formula is C16H20N2O2. The van der Waals surface area contributed by atoms with Gasteiger partial charge in [-0.2, -0.15) is 0 Å². The van der Waals surface area contributed by atoms with Crippen LogP contribution < -0.4 is 10.6 Å². The monoisotopic (exact) mass is 272 g/mol. The Balaban J connectivity index is 1.74. The van der Waals surface area contributed by atoms with Gasteiger partial charge in [0.25, 0.3) is 0 Å². The van der Waals surface area contributed by atoms with Crippen molar-refractivity contribution in [2.45, 2.75) is 26.9 Å². The number of carbonyl (C=O) groups is 1. The third-order valence-electron chi connectivity index (χ3n) is 3.27. The van der Waals surface area contributed by atoms with Gasteiger partial charge >= 0.3 is 0 Å². The summed E-state index contributed by atoms with van der Waals surface area (Å²) in [7, 11) is 0. The fourth-order valence-electron chi connectivity index (χ4n) is 2.09. The van der Waals surface area contributed by atoms with E-state index in [2.05, 4.69) is 36.6 Å². The van der Waals surface area contributed by atoms with E-state index in [1.54, 1.807) is 12.3 Å². The molecule has 4 heteroatoms. The molecule has 20 heavy (non-hydrogen) atoms. The molecule has 0 bridgehead atoms. The first-order valence-corrected chi connectivity index (χ1v) is 6.71. The molecule has 0 saturated carbocycles. The van der Waals surface area contributed by atoms with Crippen molar-refractivity contribution < 1.29 is 9.21 Å². The Morgan fingerprint density at radius 2 is 1.85 bits per heavy atom. The molecule has 0 aliphatic carbocycles. The Bertz CT molecular complexity index is 542. The fourth-order valence-corrected chi connectivity index (χ4v) is 2.09. The maximum atomic E-state index is 11.7. The van der Waals surface area contributed by atoms with Gasteiger partial charge in [0.05, 0.1) is 19.4 Å². The van der Waals surface area contributed by atoms with Crippen molar-refractivity contribution in [3.05, 3.63) is 59.0 Å². The van der Waals surface area contributed by atoms with Crippen LogP contribution in [0.2, 0.25) is 0 Å². The van der Waals surface area contributed by atoms with Gasteiger partial charge in [0.15, 0.2) is 0 Å². The number of hydrogen-bond acceptors (Lipinski definition) is 3. The summed E-state index contributed by atoms with van der Waals surface area (Å²) in [6.45, 7) is 5.60. The van der Waals surface area contributed by atoms with Crippen LogP contribution in [0.4, 0.5) is 0 Å². The van der Waals surface area contributed by atoms with Crippen molar-refractivity contribution in [2.24, 2.45) is 0 Å². The van der Waals surface area contributed by atoms with Crippen LogP contribution in [0.1, 0.15) is 22.5 Å². The Hall–Kier alpha value is -2.07. The minimum Gasteiger partial charge on any atom is -0.467 e. The van der Waals surface area contributed by atoms with Crippen molar-refractivity contribution in [1.29, 1.82) is 0 Å². The second kappa shape index (κ2) is 6.91. The summed E-state index contributed by atoms with van der Waals surface area (Å²) in [5.74, 6) is 0.723. The normalized spacial score (nSPS) is 10.5. The predicted octanol–water partition coefficient (Wildman–Crippen LogP) is 2.30. The Kier molecular flexibility index (Phi) is 4.96. The SMILES string of the molecule is Cc1cccc(C)c1CNCC(=O)NCc1ccco1. The molecule has 2 rings (SSSR count). The summed E-state index contributed by atoms with van der Waals surface area (Å²) < 4.78 is 5.15. The second-order valence-corrected chi connectivity index (χ2v) is 4.83. The molecule has 0 radical (unpaired) electrons. The van der Waals surface area contributed by atoms with Gasteiger partial charge in [0, 0.05) is 6.54 Å². The van der Waals surface area contributed by atoms with Crippen LogP contribution in [0.5, 0.6) is 0 Å². The molecule has 106 valence electrons. The average molecular weight is 272 g/mol. The number of furan rings is 1. The molecule has 1 aromatic carbocycles. The maximum Gasteiger partial charge on any atom is 0.234 e. The molecule has 0 saturated heterocycles. The lowest BCUT2D eigenvalue weighted by atomic mass is 10.0. The summed E-state index contributed by atoms with van der Waals surface area (Å²) in [4.78, 5) is 11.7. The largest absolute Gasteiger partial charge is 0.467 e. The Morgan fingerprint density at radius 1 is 1.10 bits per heavy atom. The topological polar surface area (TPSA) is 54.3 Å². The lowest BCUT2D eigenvalue weighted by Crippen LogP contribution is -2.33. The van der Waals surface area contributed by atoms with Gasteiger partial charge in [-0.05, 0) is 42.7 Å². The quantitative estimate of drug-likeness (QED) is 0.848. The summed E-state index contributed by atoms with van der Waals surface area (Å²) in [6.07, 6.45) is 1.60. The smallest absolute Gasteiger partial charge is 0.234 e.